The lowest BCUT2D eigenvalue weighted by atomic mass is 10.2. The van der Waals surface area contributed by atoms with E-state index in [1.54, 1.807) is 11.3 Å². The molecule has 1 heterocycles. The van der Waals surface area contributed by atoms with E-state index in [9.17, 15) is 0 Å². The van der Waals surface area contributed by atoms with Crippen LogP contribution in [0.1, 0.15) is 35.0 Å². The molecule has 0 spiro atoms. The lowest BCUT2D eigenvalue weighted by Crippen LogP contribution is -2.21. The molecular weight excluding hydrogens is 311 g/mol. The van der Waals surface area contributed by atoms with Gasteiger partial charge in [0.1, 0.15) is 0 Å². The van der Waals surface area contributed by atoms with Crippen LogP contribution in [0.2, 0.25) is 10.0 Å². The lowest BCUT2D eigenvalue weighted by Gasteiger charge is -2.05. The number of hydrogen-bond donors (Lipinski definition) is 1. The Bertz CT molecular complexity index is 594. The zero-order chi connectivity index (χ0) is 14.7. The number of aryl methyl sites for hydroxylation is 1. The third-order valence-corrected chi connectivity index (χ3v) is 4.84. The third kappa shape index (κ3) is 4.19. The Morgan fingerprint density at radius 2 is 2.00 bits per heavy atom. The number of thiazole rings is 1. The summed E-state index contributed by atoms with van der Waals surface area (Å²) in [5, 5.41) is 5.73. The zero-order valence-electron chi connectivity index (χ0n) is 11.8. The van der Waals surface area contributed by atoms with Crippen molar-refractivity contribution in [2.75, 3.05) is 0 Å². The molecule has 1 N–H and O–H groups in total. The number of rotatable bonds is 5. The normalized spacial score (nSPS) is 11.3. The molecule has 5 heteroatoms. The van der Waals surface area contributed by atoms with Gasteiger partial charge in [-0.2, -0.15) is 0 Å². The molecule has 0 bridgehead atoms. The summed E-state index contributed by atoms with van der Waals surface area (Å²) >= 11 is 13.7. The monoisotopic (exact) mass is 328 g/mol. The van der Waals surface area contributed by atoms with Gasteiger partial charge in [0.15, 0.2) is 0 Å². The molecule has 1 aromatic carbocycles. The van der Waals surface area contributed by atoms with Crippen molar-refractivity contribution in [3.05, 3.63) is 49.4 Å². The Kier molecular flexibility index (Phi) is 5.44. The Morgan fingerprint density at radius 3 is 2.65 bits per heavy atom. The van der Waals surface area contributed by atoms with Gasteiger partial charge in [0.2, 0.25) is 0 Å². The molecule has 0 amide bonds. The van der Waals surface area contributed by atoms with Crippen molar-refractivity contribution in [2.24, 2.45) is 0 Å². The van der Waals surface area contributed by atoms with Crippen LogP contribution in [-0.4, -0.2) is 11.0 Å². The highest BCUT2D eigenvalue weighted by Gasteiger charge is 2.09. The molecule has 1 aromatic heterocycles. The summed E-state index contributed by atoms with van der Waals surface area (Å²) in [6.07, 6.45) is 0.796. The molecule has 2 rings (SSSR count). The fourth-order valence-electron chi connectivity index (χ4n) is 1.85. The van der Waals surface area contributed by atoms with Crippen LogP contribution >= 0.6 is 34.5 Å². The topological polar surface area (TPSA) is 24.9 Å². The van der Waals surface area contributed by atoms with Crippen LogP contribution in [0.3, 0.4) is 0 Å². The molecule has 0 saturated carbocycles. The highest BCUT2D eigenvalue weighted by molar-refractivity contribution is 7.11. The largest absolute Gasteiger partial charge is 0.310 e. The molecule has 0 atom stereocenters. The van der Waals surface area contributed by atoms with E-state index in [-0.39, 0.29) is 0 Å². The molecule has 108 valence electrons. The summed E-state index contributed by atoms with van der Waals surface area (Å²) in [6.45, 7) is 7.23. The third-order valence-electron chi connectivity index (χ3n) is 2.95. The standard InChI is InChI=1S/C15H18Cl2N2S/c1-9(2)18-8-14-10(3)19-15(20-14)7-11-4-5-12(16)13(17)6-11/h4-6,9,18H,7-8H2,1-3H3. The summed E-state index contributed by atoms with van der Waals surface area (Å²) in [5.41, 5.74) is 2.25. The maximum absolute atomic E-state index is 6.04. The maximum Gasteiger partial charge on any atom is 0.0975 e. The summed E-state index contributed by atoms with van der Waals surface area (Å²) in [7, 11) is 0. The minimum atomic E-state index is 0.482. The van der Waals surface area contributed by atoms with E-state index in [4.69, 9.17) is 23.2 Å². The molecule has 20 heavy (non-hydrogen) atoms. The fraction of sp³-hybridized carbons (Fsp3) is 0.400. The molecule has 0 aliphatic carbocycles. The van der Waals surface area contributed by atoms with Crippen LogP contribution in [0.5, 0.6) is 0 Å². The van der Waals surface area contributed by atoms with Gasteiger partial charge in [-0.3, -0.25) is 0 Å². The molecule has 0 radical (unpaired) electrons. The van der Waals surface area contributed by atoms with Crippen LogP contribution in [0.15, 0.2) is 18.2 Å². The van der Waals surface area contributed by atoms with Crippen molar-refractivity contribution < 1.29 is 0 Å². The van der Waals surface area contributed by atoms with E-state index in [0.717, 1.165) is 29.2 Å². The van der Waals surface area contributed by atoms with E-state index in [1.165, 1.54) is 4.88 Å². The second kappa shape index (κ2) is 6.90. The second-order valence-corrected chi connectivity index (χ2v) is 7.06. The predicted octanol–water partition coefficient (Wildman–Crippen LogP) is 4.85. The molecule has 0 aliphatic rings. The van der Waals surface area contributed by atoms with Gasteiger partial charge in [0.05, 0.1) is 20.7 Å². The van der Waals surface area contributed by atoms with Gasteiger partial charge in [0.25, 0.3) is 0 Å². The smallest absolute Gasteiger partial charge is 0.0975 e. The van der Waals surface area contributed by atoms with E-state index in [2.05, 4.69) is 31.1 Å². The Labute approximate surface area is 134 Å². The number of benzene rings is 1. The van der Waals surface area contributed by atoms with Crippen LogP contribution < -0.4 is 5.32 Å². The lowest BCUT2D eigenvalue weighted by molar-refractivity contribution is 0.591. The Hall–Kier alpha value is -0.610. The van der Waals surface area contributed by atoms with Crippen LogP contribution in [0.4, 0.5) is 0 Å². The summed E-state index contributed by atoms with van der Waals surface area (Å²) < 4.78 is 0. The first kappa shape index (κ1) is 15.8. The fourth-order valence-corrected chi connectivity index (χ4v) is 3.22. The summed E-state index contributed by atoms with van der Waals surface area (Å²) in [4.78, 5) is 5.94. The SMILES string of the molecule is Cc1nc(Cc2ccc(Cl)c(Cl)c2)sc1CNC(C)C. The van der Waals surface area contributed by atoms with Crippen LogP contribution in [0, 0.1) is 6.92 Å². The van der Waals surface area contributed by atoms with Gasteiger partial charge in [-0.25, -0.2) is 4.98 Å². The van der Waals surface area contributed by atoms with Crippen molar-refractivity contribution in [1.29, 1.82) is 0 Å². The van der Waals surface area contributed by atoms with Gasteiger partial charge in [-0.05, 0) is 24.6 Å². The van der Waals surface area contributed by atoms with E-state index >= 15 is 0 Å². The first-order valence-corrected chi connectivity index (χ1v) is 8.15. The van der Waals surface area contributed by atoms with E-state index in [1.807, 2.05) is 18.2 Å². The van der Waals surface area contributed by atoms with Crippen molar-refractivity contribution in [1.82, 2.24) is 10.3 Å². The average Bonchev–Trinajstić information content (AvgIpc) is 2.72. The van der Waals surface area contributed by atoms with Gasteiger partial charge < -0.3 is 5.32 Å². The van der Waals surface area contributed by atoms with Crippen LogP contribution in [0.25, 0.3) is 0 Å². The Balaban J connectivity index is 2.09. The first-order valence-electron chi connectivity index (χ1n) is 6.58. The number of aromatic nitrogens is 1. The highest BCUT2D eigenvalue weighted by Crippen LogP contribution is 2.26. The van der Waals surface area contributed by atoms with Crippen molar-refractivity contribution in [3.8, 4) is 0 Å². The molecular formula is C15H18Cl2N2S. The summed E-state index contributed by atoms with van der Waals surface area (Å²) in [6, 6.07) is 6.22. The number of hydrogen-bond acceptors (Lipinski definition) is 3. The molecule has 0 aliphatic heterocycles. The number of nitrogens with zero attached hydrogens (tertiary/aromatic N) is 1. The van der Waals surface area contributed by atoms with Gasteiger partial charge in [-0.15, -0.1) is 11.3 Å². The summed E-state index contributed by atoms with van der Waals surface area (Å²) in [5.74, 6) is 0. The highest BCUT2D eigenvalue weighted by atomic mass is 35.5. The molecule has 2 aromatic rings. The number of halogens is 2. The average molecular weight is 329 g/mol. The van der Waals surface area contributed by atoms with Crippen LogP contribution in [-0.2, 0) is 13.0 Å². The predicted molar refractivity (Wildman–Crippen MR) is 88.1 cm³/mol. The maximum atomic E-state index is 6.04. The van der Waals surface area contributed by atoms with Crippen molar-refractivity contribution in [2.45, 2.75) is 39.8 Å². The van der Waals surface area contributed by atoms with Gasteiger partial charge in [-0.1, -0.05) is 43.1 Å². The minimum absolute atomic E-state index is 0.482. The molecule has 0 saturated heterocycles. The van der Waals surface area contributed by atoms with E-state index < -0.39 is 0 Å². The quantitative estimate of drug-likeness (QED) is 0.848. The van der Waals surface area contributed by atoms with E-state index in [0.29, 0.717) is 16.1 Å². The number of nitrogens with one attached hydrogen (secondary N) is 1. The minimum Gasteiger partial charge on any atom is -0.310 e. The Morgan fingerprint density at radius 1 is 1.25 bits per heavy atom. The van der Waals surface area contributed by atoms with Crippen molar-refractivity contribution >= 4 is 34.5 Å². The second-order valence-electron chi connectivity index (χ2n) is 5.08. The molecule has 2 nitrogen and oxygen atoms in total. The first-order chi connectivity index (χ1) is 9.45. The van der Waals surface area contributed by atoms with Gasteiger partial charge in [0, 0.05) is 23.9 Å². The van der Waals surface area contributed by atoms with Gasteiger partial charge >= 0.3 is 0 Å². The van der Waals surface area contributed by atoms with Crippen molar-refractivity contribution in [3.63, 3.8) is 0 Å². The zero-order valence-corrected chi connectivity index (χ0v) is 14.2. The molecule has 0 unspecified atom stereocenters. The molecule has 0 fully saturated rings.